The molecule has 2 heterocycles. The number of carbonyl (C=O) groups is 2. The van der Waals surface area contributed by atoms with Gasteiger partial charge in [0.15, 0.2) is 0 Å². The number of hydrogen-bond donors (Lipinski definition) is 1. The van der Waals surface area contributed by atoms with Crippen LogP contribution in [0.15, 0.2) is 30.3 Å². The molecule has 28 heavy (non-hydrogen) atoms. The maximum Gasteiger partial charge on any atom is 0.264 e. The summed E-state index contributed by atoms with van der Waals surface area (Å²) in [6.07, 6.45) is 3.67. The summed E-state index contributed by atoms with van der Waals surface area (Å²) in [6.45, 7) is 4.42. The highest BCUT2D eigenvalue weighted by Crippen LogP contribution is 2.28. The number of thiophene rings is 1. The number of rotatable bonds is 6. The van der Waals surface area contributed by atoms with E-state index < -0.39 is 0 Å². The minimum absolute atomic E-state index is 0.0550. The number of aryl methyl sites for hydroxylation is 2. The van der Waals surface area contributed by atoms with Crippen LogP contribution in [0.4, 0.5) is 0 Å². The highest BCUT2D eigenvalue weighted by molar-refractivity contribution is 7.13. The topological polar surface area (TPSA) is 58.6 Å². The number of amides is 2. The number of carbonyl (C=O) groups excluding carboxylic acids is 2. The van der Waals surface area contributed by atoms with Crippen molar-refractivity contribution >= 4 is 23.2 Å². The summed E-state index contributed by atoms with van der Waals surface area (Å²) in [5.41, 5.74) is 2.11. The van der Waals surface area contributed by atoms with Gasteiger partial charge >= 0.3 is 0 Å². The number of ether oxygens (including phenoxy) is 1. The maximum atomic E-state index is 12.8. The van der Waals surface area contributed by atoms with E-state index >= 15 is 0 Å². The lowest BCUT2D eigenvalue weighted by atomic mass is 10.0. The molecule has 0 radical (unpaired) electrons. The molecule has 2 aromatic rings. The average molecular weight is 399 g/mol. The predicted octanol–water partition coefficient (Wildman–Crippen LogP) is 3.55. The highest BCUT2D eigenvalue weighted by atomic mass is 32.1. The lowest BCUT2D eigenvalue weighted by Crippen LogP contribution is -2.31. The molecule has 6 heteroatoms. The number of fused-ring (bicyclic) bond motifs is 1. The molecule has 5 nitrogen and oxygen atoms in total. The number of nitrogens with zero attached hydrogens (tertiary/aromatic N) is 1. The Morgan fingerprint density at radius 3 is 2.86 bits per heavy atom. The van der Waals surface area contributed by atoms with E-state index in [9.17, 15) is 9.59 Å². The summed E-state index contributed by atoms with van der Waals surface area (Å²) >= 11 is 1.53. The third-order valence-corrected chi connectivity index (χ3v) is 6.26. The molecular weight excluding hydrogens is 372 g/mol. The van der Waals surface area contributed by atoms with E-state index in [1.807, 2.05) is 36.1 Å². The van der Waals surface area contributed by atoms with Crippen LogP contribution in [0, 0.1) is 12.8 Å². The molecule has 0 saturated heterocycles. The van der Waals surface area contributed by atoms with Gasteiger partial charge in [0.25, 0.3) is 5.91 Å². The van der Waals surface area contributed by atoms with Gasteiger partial charge in [0.1, 0.15) is 12.4 Å². The zero-order chi connectivity index (χ0) is 19.5. The van der Waals surface area contributed by atoms with Crippen LogP contribution in [0.25, 0.3) is 0 Å². The fourth-order valence-electron chi connectivity index (χ4n) is 3.41. The van der Waals surface area contributed by atoms with Gasteiger partial charge in [-0.15, -0.1) is 11.3 Å². The summed E-state index contributed by atoms with van der Waals surface area (Å²) in [7, 11) is 0. The van der Waals surface area contributed by atoms with Crippen molar-refractivity contribution in [3.05, 3.63) is 51.2 Å². The van der Waals surface area contributed by atoms with Crippen molar-refractivity contribution in [2.75, 3.05) is 19.7 Å². The predicted molar refractivity (Wildman–Crippen MR) is 110 cm³/mol. The van der Waals surface area contributed by atoms with Crippen LogP contribution in [0.2, 0.25) is 0 Å². The molecule has 0 unspecified atom stereocenters. The molecule has 4 rings (SSSR count). The monoisotopic (exact) mass is 398 g/mol. The van der Waals surface area contributed by atoms with E-state index in [1.54, 1.807) is 0 Å². The second-order valence-corrected chi connectivity index (χ2v) is 8.96. The van der Waals surface area contributed by atoms with Crippen molar-refractivity contribution in [1.29, 1.82) is 0 Å². The van der Waals surface area contributed by atoms with Gasteiger partial charge in [0, 0.05) is 30.0 Å². The van der Waals surface area contributed by atoms with Gasteiger partial charge in [0.2, 0.25) is 5.91 Å². The molecule has 1 aliphatic carbocycles. The number of benzene rings is 1. The van der Waals surface area contributed by atoms with Gasteiger partial charge in [-0.1, -0.05) is 12.1 Å². The number of hydrogen-bond acceptors (Lipinski definition) is 4. The Bertz CT molecular complexity index is 872. The van der Waals surface area contributed by atoms with Crippen molar-refractivity contribution < 1.29 is 14.3 Å². The minimum atomic E-state index is 0.0550. The third kappa shape index (κ3) is 4.73. The van der Waals surface area contributed by atoms with Gasteiger partial charge in [0.05, 0.1) is 11.4 Å². The molecule has 1 saturated carbocycles. The molecule has 148 valence electrons. The van der Waals surface area contributed by atoms with Gasteiger partial charge in [-0.2, -0.15) is 0 Å². The van der Waals surface area contributed by atoms with Crippen LogP contribution in [-0.4, -0.2) is 36.4 Å². The first-order valence-electron chi connectivity index (χ1n) is 9.95. The van der Waals surface area contributed by atoms with Crippen molar-refractivity contribution in [3.8, 4) is 5.75 Å². The first-order valence-corrected chi connectivity index (χ1v) is 10.8. The smallest absolute Gasteiger partial charge is 0.264 e. The maximum absolute atomic E-state index is 12.8. The van der Waals surface area contributed by atoms with Crippen LogP contribution >= 0.6 is 11.3 Å². The first-order chi connectivity index (χ1) is 13.6. The van der Waals surface area contributed by atoms with Crippen molar-refractivity contribution in [1.82, 2.24) is 10.2 Å². The molecule has 2 aliphatic rings. The fourth-order valence-corrected chi connectivity index (χ4v) is 4.24. The normalized spacial score (nSPS) is 16.1. The molecule has 0 bridgehead atoms. The highest BCUT2D eigenvalue weighted by Gasteiger charge is 2.23. The largest absolute Gasteiger partial charge is 0.491 e. The zero-order valence-electron chi connectivity index (χ0n) is 16.2. The standard InChI is InChI=1S/C22H26N2O3S/c1-15-2-8-20(28-15)22(26)24-10-11-27-19-7-5-16(12-18(19)14-24)6-9-21(25)23-13-17-3-4-17/h2,5,7-8,12,17H,3-4,6,9-11,13-14H2,1H3,(H,23,25). The Hall–Kier alpha value is -2.34. The fraction of sp³-hybridized carbons (Fsp3) is 0.455. The zero-order valence-corrected chi connectivity index (χ0v) is 17.0. The molecule has 1 aromatic carbocycles. The van der Waals surface area contributed by atoms with Crippen molar-refractivity contribution in [2.24, 2.45) is 5.92 Å². The van der Waals surface area contributed by atoms with E-state index in [2.05, 4.69) is 11.4 Å². The molecule has 0 spiro atoms. The van der Waals surface area contributed by atoms with Crippen molar-refractivity contribution in [3.63, 3.8) is 0 Å². The lowest BCUT2D eigenvalue weighted by Gasteiger charge is -2.19. The summed E-state index contributed by atoms with van der Waals surface area (Å²) in [5.74, 6) is 1.70. The van der Waals surface area contributed by atoms with Gasteiger partial charge in [-0.3, -0.25) is 9.59 Å². The second-order valence-electron chi connectivity index (χ2n) is 7.67. The molecule has 1 N–H and O–H groups in total. The van der Waals surface area contributed by atoms with E-state index in [1.165, 1.54) is 24.2 Å². The van der Waals surface area contributed by atoms with Gasteiger partial charge < -0.3 is 15.0 Å². The Morgan fingerprint density at radius 1 is 1.25 bits per heavy atom. The summed E-state index contributed by atoms with van der Waals surface area (Å²) in [6, 6.07) is 9.94. The summed E-state index contributed by atoms with van der Waals surface area (Å²) < 4.78 is 5.85. The van der Waals surface area contributed by atoms with Crippen LogP contribution in [0.3, 0.4) is 0 Å². The number of nitrogens with one attached hydrogen (secondary N) is 1. The minimum Gasteiger partial charge on any atom is -0.491 e. The van der Waals surface area contributed by atoms with Crippen LogP contribution in [-0.2, 0) is 17.8 Å². The quantitative estimate of drug-likeness (QED) is 0.810. The molecule has 1 fully saturated rings. The molecule has 0 atom stereocenters. The van der Waals surface area contributed by atoms with E-state index in [4.69, 9.17) is 4.74 Å². The van der Waals surface area contributed by atoms with Crippen molar-refractivity contribution in [2.45, 2.75) is 39.2 Å². The van der Waals surface area contributed by atoms with E-state index in [-0.39, 0.29) is 11.8 Å². The average Bonchev–Trinajstić information content (AvgIpc) is 3.46. The second kappa shape index (κ2) is 8.35. The van der Waals surface area contributed by atoms with Gasteiger partial charge in [-0.05, 0) is 55.9 Å². The van der Waals surface area contributed by atoms with Gasteiger partial charge in [-0.25, -0.2) is 0 Å². The summed E-state index contributed by atoms with van der Waals surface area (Å²) in [5, 5.41) is 3.01. The van der Waals surface area contributed by atoms with Crippen LogP contribution in [0.1, 0.15) is 44.9 Å². The summed E-state index contributed by atoms with van der Waals surface area (Å²) in [4.78, 5) is 28.6. The Balaban J connectivity index is 1.40. The van der Waals surface area contributed by atoms with Crippen LogP contribution < -0.4 is 10.1 Å². The van der Waals surface area contributed by atoms with E-state index in [0.717, 1.165) is 33.2 Å². The Morgan fingerprint density at radius 2 is 2.11 bits per heavy atom. The SMILES string of the molecule is Cc1ccc(C(=O)N2CCOc3ccc(CCC(=O)NCC4CC4)cc3C2)s1. The first kappa shape index (κ1) is 19.0. The van der Waals surface area contributed by atoms with E-state index in [0.29, 0.717) is 38.5 Å². The van der Waals surface area contributed by atoms with Crippen LogP contribution in [0.5, 0.6) is 5.75 Å². The third-order valence-electron chi connectivity index (χ3n) is 5.27. The Kier molecular flexibility index (Phi) is 5.67. The Labute approximate surface area is 169 Å². The molecule has 2 amide bonds. The molecular formula is C22H26N2O3S. The molecule has 1 aromatic heterocycles. The lowest BCUT2D eigenvalue weighted by molar-refractivity contribution is -0.121. The molecule has 1 aliphatic heterocycles.